The van der Waals surface area contributed by atoms with Crippen molar-refractivity contribution >= 4 is 5.97 Å². The number of esters is 1. The summed E-state index contributed by atoms with van der Waals surface area (Å²) in [7, 11) is 0. The van der Waals surface area contributed by atoms with Gasteiger partial charge in [-0.15, -0.1) is 5.10 Å². The van der Waals surface area contributed by atoms with Gasteiger partial charge in [0, 0.05) is 17.9 Å². The monoisotopic (exact) mass is 385 g/mol. The Morgan fingerprint density at radius 2 is 2.00 bits per heavy atom. The summed E-state index contributed by atoms with van der Waals surface area (Å²) < 4.78 is 18.9. The molecule has 1 saturated heterocycles. The van der Waals surface area contributed by atoms with Crippen LogP contribution < -0.4 is 4.74 Å². The van der Waals surface area contributed by atoms with Crippen molar-refractivity contribution in [1.82, 2.24) is 15.0 Å². The minimum absolute atomic E-state index is 0.112. The maximum atomic E-state index is 12.8. The first-order valence-electron chi connectivity index (χ1n) is 9.81. The normalized spacial score (nSPS) is 25.3. The molecule has 1 aliphatic heterocycles. The van der Waals surface area contributed by atoms with Crippen LogP contribution in [0.1, 0.15) is 50.3 Å². The van der Waals surface area contributed by atoms with E-state index >= 15 is 0 Å². The van der Waals surface area contributed by atoms with Crippen molar-refractivity contribution in [3.63, 3.8) is 0 Å². The molecule has 28 heavy (non-hydrogen) atoms. The molecule has 2 aromatic rings. The van der Waals surface area contributed by atoms with Crippen molar-refractivity contribution in [2.24, 2.45) is 11.3 Å². The van der Waals surface area contributed by atoms with Crippen molar-refractivity contribution in [3.8, 4) is 11.4 Å². The van der Waals surface area contributed by atoms with Gasteiger partial charge in [0.05, 0.1) is 23.6 Å². The number of fused-ring (bicyclic) bond motifs is 1. The molecular weight excluding hydrogens is 358 g/mol. The molecule has 2 heterocycles. The molecule has 7 nitrogen and oxygen atoms in total. The van der Waals surface area contributed by atoms with E-state index in [0.29, 0.717) is 5.69 Å². The van der Waals surface area contributed by atoms with E-state index in [4.69, 9.17) is 14.2 Å². The molecule has 1 aromatic carbocycles. The van der Waals surface area contributed by atoms with E-state index in [2.05, 4.69) is 24.2 Å². The van der Waals surface area contributed by atoms with Gasteiger partial charge in [0.1, 0.15) is 11.9 Å². The lowest BCUT2D eigenvalue weighted by Crippen LogP contribution is -2.61. The van der Waals surface area contributed by atoms with Crippen LogP contribution >= 0.6 is 0 Å². The predicted octanol–water partition coefficient (Wildman–Crippen LogP) is 3.33. The standard InChI is InChI=1S/C21H27N3O4/c1-12(2)27-15-8-6-14(7-9-15)24-13(3)17(22-23-24)20(25)28-19-16-10-11-26-18(16)21(19,4)5/h6-9,12,16,18-19H,10-11H2,1-5H3/t16-,18-,19+/m0/s1. The Bertz CT molecular complexity index is 872. The lowest BCUT2D eigenvalue weighted by atomic mass is 9.59. The van der Waals surface area contributed by atoms with Crippen LogP contribution in [0, 0.1) is 18.3 Å². The number of rotatable bonds is 5. The molecule has 1 saturated carbocycles. The molecular formula is C21H27N3O4. The average molecular weight is 385 g/mol. The number of hydrogen-bond donors (Lipinski definition) is 0. The molecule has 0 bridgehead atoms. The van der Waals surface area contributed by atoms with Crippen LogP contribution in [0.15, 0.2) is 24.3 Å². The molecule has 0 radical (unpaired) electrons. The predicted molar refractivity (Wildman–Crippen MR) is 103 cm³/mol. The molecule has 0 N–H and O–H groups in total. The van der Waals surface area contributed by atoms with Gasteiger partial charge in [-0.25, -0.2) is 9.48 Å². The zero-order valence-electron chi connectivity index (χ0n) is 17.0. The van der Waals surface area contributed by atoms with Crippen molar-refractivity contribution in [2.75, 3.05) is 6.61 Å². The van der Waals surface area contributed by atoms with E-state index in [1.807, 2.05) is 45.0 Å². The van der Waals surface area contributed by atoms with Gasteiger partial charge in [0.2, 0.25) is 0 Å². The molecule has 0 amide bonds. The third-order valence-corrected chi connectivity index (χ3v) is 5.77. The van der Waals surface area contributed by atoms with Gasteiger partial charge in [-0.1, -0.05) is 19.1 Å². The first kappa shape index (κ1) is 18.9. The van der Waals surface area contributed by atoms with Crippen molar-refractivity contribution in [2.45, 2.75) is 59.4 Å². The first-order chi connectivity index (χ1) is 13.3. The molecule has 2 aliphatic rings. The number of hydrogen-bond acceptors (Lipinski definition) is 6. The summed E-state index contributed by atoms with van der Waals surface area (Å²) in [5.74, 6) is 0.645. The summed E-state index contributed by atoms with van der Waals surface area (Å²) in [6.07, 6.45) is 1.07. The summed E-state index contributed by atoms with van der Waals surface area (Å²) >= 11 is 0. The van der Waals surface area contributed by atoms with E-state index in [1.54, 1.807) is 4.68 Å². The van der Waals surface area contributed by atoms with Gasteiger partial charge >= 0.3 is 5.97 Å². The van der Waals surface area contributed by atoms with Crippen LogP contribution in [-0.2, 0) is 9.47 Å². The Morgan fingerprint density at radius 3 is 2.68 bits per heavy atom. The number of aromatic nitrogens is 3. The molecule has 2 fully saturated rings. The first-order valence-corrected chi connectivity index (χ1v) is 9.81. The summed E-state index contributed by atoms with van der Waals surface area (Å²) in [5.41, 5.74) is 1.54. The smallest absolute Gasteiger partial charge is 0.361 e. The van der Waals surface area contributed by atoms with E-state index in [-0.39, 0.29) is 35.3 Å². The third-order valence-electron chi connectivity index (χ3n) is 5.77. The topological polar surface area (TPSA) is 75.5 Å². The fourth-order valence-corrected chi connectivity index (χ4v) is 4.39. The Hall–Kier alpha value is -2.41. The van der Waals surface area contributed by atoms with Crippen LogP contribution in [0.2, 0.25) is 0 Å². The Kier molecular flexibility index (Phi) is 4.65. The number of carbonyl (C=O) groups is 1. The number of ether oxygens (including phenoxy) is 3. The summed E-state index contributed by atoms with van der Waals surface area (Å²) in [4.78, 5) is 12.8. The third kappa shape index (κ3) is 3.07. The van der Waals surface area contributed by atoms with Crippen LogP contribution in [0.5, 0.6) is 5.75 Å². The molecule has 1 aliphatic carbocycles. The van der Waals surface area contributed by atoms with Gasteiger partial charge in [-0.05, 0) is 51.5 Å². The molecule has 4 rings (SSSR count). The van der Waals surface area contributed by atoms with Gasteiger partial charge in [0.25, 0.3) is 0 Å². The Labute approximate surface area is 165 Å². The second kappa shape index (κ2) is 6.88. The van der Waals surface area contributed by atoms with E-state index in [1.165, 1.54) is 0 Å². The second-order valence-corrected chi connectivity index (χ2v) is 8.49. The number of benzene rings is 1. The average Bonchev–Trinajstić information content (AvgIpc) is 3.25. The van der Waals surface area contributed by atoms with Crippen LogP contribution in [-0.4, -0.2) is 45.9 Å². The minimum atomic E-state index is -0.424. The van der Waals surface area contributed by atoms with Gasteiger partial charge in [0.15, 0.2) is 5.69 Å². The zero-order valence-corrected chi connectivity index (χ0v) is 17.0. The second-order valence-electron chi connectivity index (χ2n) is 8.49. The Morgan fingerprint density at radius 1 is 1.29 bits per heavy atom. The molecule has 3 atom stereocenters. The summed E-state index contributed by atoms with van der Waals surface area (Å²) in [6.45, 7) is 10.7. The fourth-order valence-electron chi connectivity index (χ4n) is 4.39. The van der Waals surface area contributed by atoms with Crippen LogP contribution in [0.3, 0.4) is 0 Å². The zero-order chi connectivity index (χ0) is 20.1. The largest absolute Gasteiger partial charge is 0.491 e. The summed E-state index contributed by atoms with van der Waals surface area (Å²) in [5, 5.41) is 8.24. The highest BCUT2D eigenvalue weighted by Crippen LogP contribution is 2.53. The molecule has 0 spiro atoms. The van der Waals surface area contributed by atoms with Gasteiger partial charge < -0.3 is 14.2 Å². The molecule has 0 unspecified atom stereocenters. The van der Waals surface area contributed by atoms with Crippen molar-refractivity contribution in [3.05, 3.63) is 35.7 Å². The lowest BCUT2D eigenvalue weighted by molar-refractivity contribution is -0.183. The van der Waals surface area contributed by atoms with E-state index in [9.17, 15) is 4.79 Å². The number of nitrogens with zero attached hydrogens (tertiary/aromatic N) is 3. The Balaban J connectivity index is 1.49. The van der Waals surface area contributed by atoms with Gasteiger partial charge in [-0.3, -0.25) is 0 Å². The number of carbonyl (C=O) groups excluding carboxylic acids is 1. The fraction of sp³-hybridized carbons (Fsp3) is 0.571. The lowest BCUT2D eigenvalue weighted by Gasteiger charge is -2.52. The molecule has 7 heteroatoms. The summed E-state index contributed by atoms with van der Waals surface area (Å²) in [6, 6.07) is 7.55. The SMILES string of the molecule is Cc1c(C(=O)O[C@@H]2[C@H]3CCO[C@@H]3C2(C)C)nnn1-c1ccc(OC(C)C)cc1. The highest BCUT2D eigenvalue weighted by molar-refractivity contribution is 5.88. The maximum Gasteiger partial charge on any atom is 0.361 e. The highest BCUT2D eigenvalue weighted by Gasteiger charge is 2.61. The van der Waals surface area contributed by atoms with E-state index < -0.39 is 5.97 Å². The maximum absolute atomic E-state index is 12.8. The minimum Gasteiger partial charge on any atom is -0.491 e. The molecule has 150 valence electrons. The highest BCUT2D eigenvalue weighted by atomic mass is 16.6. The molecule has 1 aromatic heterocycles. The van der Waals surface area contributed by atoms with Gasteiger partial charge in [-0.2, -0.15) is 0 Å². The van der Waals surface area contributed by atoms with Crippen molar-refractivity contribution < 1.29 is 19.0 Å². The van der Waals surface area contributed by atoms with E-state index in [0.717, 1.165) is 24.5 Å². The van der Waals surface area contributed by atoms with Crippen molar-refractivity contribution in [1.29, 1.82) is 0 Å². The van der Waals surface area contributed by atoms with Crippen LogP contribution in [0.25, 0.3) is 5.69 Å². The van der Waals surface area contributed by atoms with Crippen LogP contribution in [0.4, 0.5) is 0 Å². The quantitative estimate of drug-likeness (QED) is 0.735.